The predicted octanol–water partition coefficient (Wildman–Crippen LogP) is 1.04. The number of hydrogen-bond donors (Lipinski definition) is 2. The first-order valence-corrected chi connectivity index (χ1v) is 5.27. The fraction of sp³-hybridized carbons (Fsp3) is 0.889. The smallest absolute Gasteiger partial charge is 0.166 e. The molecule has 0 radical (unpaired) electrons. The van der Waals surface area contributed by atoms with Gasteiger partial charge < -0.3 is 15.4 Å². The maximum absolute atomic E-state index is 5.12. The second-order valence-corrected chi connectivity index (χ2v) is 3.78. The second-order valence-electron chi connectivity index (χ2n) is 3.37. The topological polar surface area (TPSA) is 33.3 Å². The SMILES string of the molecule is COCCCNC(=S)NC1CCC1. The Labute approximate surface area is 85.2 Å². The predicted molar refractivity (Wildman–Crippen MR) is 57.9 cm³/mol. The molecule has 76 valence electrons. The minimum Gasteiger partial charge on any atom is -0.385 e. The van der Waals surface area contributed by atoms with Crippen molar-refractivity contribution in [3.8, 4) is 0 Å². The third-order valence-electron chi connectivity index (χ3n) is 2.25. The van der Waals surface area contributed by atoms with E-state index in [1.165, 1.54) is 19.3 Å². The van der Waals surface area contributed by atoms with Crippen LogP contribution >= 0.6 is 12.2 Å². The summed E-state index contributed by atoms with van der Waals surface area (Å²) in [6.45, 7) is 1.69. The van der Waals surface area contributed by atoms with Crippen LogP contribution < -0.4 is 10.6 Å². The minimum atomic E-state index is 0.627. The van der Waals surface area contributed by atoms with E-state index in [1.54, 1.807) is 7.11 Å². The van der Waals surface area contributed by atoms with Crippen LogP contribution in [0.4, 0.5) is 0 Å². The van der Waals surface area contributed by atoms with Gasteiger partial charge in [-0.25, -0.2) is 0 Å². The second kappa shape index (κ2) is 6.16. The van der Waals surface area contributed by atoms with Gasteiger partial charge in [-0.1, -0.05) is 0 Å². The summed E-state index contributed by atoms with van der Waals surface area (Å²) in [5.41, 5.74) is 0. The lowest BCUT2D eigenvalue weighted by Crippen LogP contribution is -2.45. The minimum absolute atomic E-state index is 0.627. The van der Waals surface area contributed by atoms with E-state index in [4.69, 9.17) is 17.0 Å². The highest BCUT2D eigenvalue weighted by molar-refractivity contribution is 7.80. The summed E-state index contributed by atoms with van der Waals surface area (Å²) in [5, 5.41) is 7.22. The molecule has 3 nitrogen and oxygen atoms in total. The maximum atomic E-state index is 5.12. The van der Waals surface area contributed by atoms with E-state index in [2.05, 4.69) is 10.6 Å². The van der Waals surface area contributed by atoms with Gasteiger partial charge in [-0.2, -0.15) is 0 Å². The molecule has 0 unspecified atom stereocenters. The van der Waals surface area contributed by atoms with Crippen LogP contribution in [0.25, 0.3) is 0 Å². The van der Waals surface area contributed by atoms with Crippen LogP contribution in [0.2, 0.25) is 0 Å². The molecule has 0 spiro atoms. The number of hydrogen-bond acceptors (Lipinski definition) is 2. The average molecular weight is 202 g/mol. The Kier molecular flexibility index (Phi) is 5.08. The van der Waals surface area contributed by atoms with Gasteiger partial charge in [0.15, 0.2) is 5.11 Å². The molecule has 4 heteroatoms. The number of nitrogens with one attached hydrogen (secondary N) is 2. The van der Waals surface area contributed by atoms with Gasteiger partial charge in [-0.15, -0.1) is 0 Å². The largest absolute Gasteiger partial charge is 0.385 e. The van der Waals surface area contributed by atoms with E-state index in [1.807, 2.05) is 0 Å². The van der Waals surface area contributed by atoms with Gasteiger partial charge in [-0.3, -0.25) is 0 Å². The molecule has 1 aliphatic rings. The van der Waals surface area contributed by atoms with Crippen molar-refractivity contribution in [1.82, 2.24) is 10.6 Å². The molecule has 0 saturated heterocycles. The van der Waals surface area contributed by atoms with Gasteiger partial charge in [0.2, 0.25) is 0 Å². The Morgan fingerprint density at radius 3 is 2.85 bits per heavy atom. The molecule has 0 aromatic carbocycles. The quantitative estimate of drug-likeness (QED) is 0.515. The highest BCUT2D eigenvalue weighted by Crippen LogP contribution is 2.17. The average Bonchev–Trinajstić information content (AvgIpc) is 2.06. The van der Waals surface area contributed by atoms with Crippen LogP contribution in [0.15, 0.2) is 0 Å². The first-order chi connectivity index (χ1) is 6.33. The first kappa shape index (κ1) is 10.7. The molecule has 1 saturated carbocycles. The third-order valence-corrected chi connectivity index (χ3v) is 2.51. The van der Waals surface area contributed by atoms with Crippen LogP contribution in [0.3, 0.4) is 0 Å². The van der Waals surface area contributed by atoms with Crippen LogP contribution in [0, 0.1) is 0 Å². The molecule has 0 amide bonds. The summed E-state index contributed by atoms with van der Waals surface area (Å²) >= 11 is 5.12. The summed E-state index contributed by atoms with van der Waals surface area (Å²) in [4.78, 5) is 0. The normalized spacial score (nSPS) is 16.4. The van der Waals surface area contributed by atoms with E-state index in [9.17, 15) is 0 Å². The Bertz CT molecular complexity index is 160. The highest BCUT2D eigenvalue weighted by Gasteiger charge is 2.17. The summed E-state index contributed by atoms with van der Waals surface area (Å²) in [6, 6.07) is 0.627. The summed E-state index contributed by atoms with van der Waals surface area (Å²) in [7, 11) is 1.71. The lowest BCUT2D eigenvalue weighted by molar-refractivity contribution is 0.195. The summed E-state index contributed by atoms with van der Waals surface area (Å²) < 4.78 is 4.93. The van der Waals surface area contributed by atoms with E-state index < -0.39 is 0 Å². The zero-order chi connectivity index (χ0) is 9.52. The fourth-order valence-corrected chi connectivity index (χ4v) is 1.48. The van der Waals surface area contributed by atoms with Gasteiger partial charge in [-0.05, 0) is 37.9 Å². The Morgan fingerprint density at radius 1 is 1.54 bits per heavy atom. The molecule has 2 N–H and O–H groups in total. The van der Waals surface area contributed by atoms with Crippen molar-refractivity contribution in [1.29, 1.82) is 0 Å². The van der Waals surface area contributed by atoms with E-state index in [0.717, 1.165) is 24.7 Å². The molecule has 13 heavy (non-hydrogen) atoms. The van der Waals surface area contributed by atoms with Crippen LogP contribution in [-0.2, 0) is 4.74 Å². The monoisotopic (exact) mass is 202 g/mol. The molecule has 0 heterocycles. The van der Waals surface area contributed by atoms with Gasteiger partial charge in [0.25, 0.3) is 0 Å². The standard InChI is InChI=1S/C9H18N2OS/c1-12-7-3-6-10-9(13)11-8-4-2-5-8/h8H,2-7H2,1H3,(H2,10,11,13). The van der Waals surface area contributed by atoms with Crippen LogP contribution in [-0.4, -0.2) is 31.4 Å². The van der Waals surface area contributed by atoms with Gasteiger partial charge in [0.1, 0.15) is 0 Å². The molecule has 0 aliphatic heterocycles. The number of thiocarbonyl (C=S) groups is 1. The zero-order valence-corrected chi connectivity index (χ0v) is 8.95. The lowest BCUT2D eigenvalue weighted by Gasteiger charge is -2.27. The number of rotatable bonds is 5. The Morgan fingerprint density at radius 2 is 2.31 bits per heavy atom. The first-order valence-electron chi connectivity index (χ1n) is 4.86. The van der Waals surface area contributed by atoms with Crippen LogP contribution in [0.1, 0.15) is 25.7 Å². The van der Waals surface area contributed by atoms with Crippen molar-refractivity contribution in [3.05, 3.63) is 0 Å². The van der Waals surface area contributed by atoms with E-state index >= 15 is 0 Å². The maximum Gasteiger partial charge on any atom is 0.166 e. The van der Waals surface area contributed by atoms with E-state index in [-0.39, 0.29) is 0 Å². The lowest BCUT2D eigenvalue weighted by atomic mass is 9.93. The molecule has 1 aliphatic carbocycles. The van der Waals surface area contributed by atoms with Crippen molar-refractivity contribution in [3.63, 3.8) is 0 Å². The fourth-order valence-electron chi connectivity index (χ4n) is 1.21. The molecule has 1 fully saturated rings. The molecule has 0 aromatic heterocycles. The Balaban J connectivity index is 1.91. The molecule has 0 aromatic rings. The van der Waals surface area contributed by atoms with Crippen LogP contribution in [0.5, 0.6) is 0 Å². The van der Waals surface area contributed by atoms with Crippen molar-refractivity contribution in [2.45, 2.75) is 31.7 Å². The Hall–Kier alpha value is -0.350. The molecule has 1 rings (SSSR count). The van der Waals surface area contributed by atoms with Gasteiger partial charge >= 0.3 is 0 Å². The third kappa shape index (κ3) is 4.43. The number of methoxy groups -OCH3 is 1. The molecular formula is C9H18N2OS. The molecule has 0 bridgehead atoms. The van der Waals surface area contributed by atoms with Gasteiger partial charge in [0, 0.05) is 26.3 Å². The molecular weight excluding hydrogens is 184 g/mol. The number of ether oxygens (including phenoxy) is 1. The van der Waals surface area contributed by atoms with Crippen molar-refractivity contribution < 1.29 is 4.74 Å². The van der Waals surface area contributed by atoms with E-state index in [0.29, 0.717) is 6.04 Å². The zero-order valence-electron chi connectivity index (χ0n) is 8.14. The highest BCUT2D eigenvalue weighted by atomic mass is 32.1. The van der Waals surface area contributed by atoms with Gasteiger partial charge in [0.05, 0.1) is 0 Å². The van der Waals surface area contributed by atoms with Crippen molar-refractivity contribution in [2.24, 2.45) is 0 Å². The molecule has 0 atom stereocenters. The van der Waals surface area contributed by atoms with Crippen molar-refractivity contribution >= 4 is 17.3 Å². The summed E-state index contributed by atoms with van der Waals surface area (Å²) in [5.74, 6) is 0. The van der Waals surface area contributed by atoms with Crippen molar-refractivity contribution in [2.75, 3.05) is 20.3 Å². The summed E-state index contributed by atoms with van der Waals surface area (Å²) in [6.07, 6.45) is 4.87.